The number of anilines is 2. The van der Waals surface area contributed by atoms with Crippen molar-refractivity contribution in [1.29, 1.82) is 0 Å². The maximum atomic E-state index is 12.3. The van der Waals surface area contributed by atoms with Crippen LogP contribution in [0.2, 0.25) is 0 Å². The van der Waals surface area contributed by atoms with E-state index >= 15 is 0 Å². The van der Waals surface area contributed by atoms with Gasteiger partial charge >= 0.3 is 0 Å². The molecule has 1 heterocycles. The third-order valence-corrected chi connectivity index (χ3v) is 4.71. The van der Waals surface area contributed by atoms with Crippen molar-refractivity contribution in [2.45, 2.75) is 26.7 Å². The number of carbonyl (C=O) groups is 1. The molecule has 2 N–H and O–H groups in total. The Kier molecular flexibility index (Phi) is 6.79. The molecular weight excluding hydrogens is 364 g/mol. The van der Waals surface area contributed by atoms with Crippen LogP contribution in [-0.2, 0) is 12.8 Å². The number of aryl methyl sites for hydroxylation is 2. The van der Waals surface area contributed by atoms with Crippen LogP contribution in [0.3, 0.4) is 0 Å². The molecule has 0 unspecified atom stereocenters. The summed E-state index contributed by atoms with van der Waals surface area (Å²) in [6.07, 6.45) is 4.71. The molecule has 29 heavy (non-hydrogen) atoms. The number of methoxy groups -OCH3 is 1. The number of hydrogen-bond donors (Lipinski definition) is 2. The van der Waals surface area contributed by atoms with E-state index in [0.717, 1.165) is 29.0 Å². The first-order valence-corrected chi connectivity index (χ1v) is 9.69. The minimum Gasteiger partial charge on any atom is -0.497 e. The molecule has 150 valence electrons. The smallest absolute Gasteiger partial charge is 0.271 e. The van der Waals surface area contributed by atoms with Crippen LogP contribution < -0.4 is 15.4 Å². The summed E-state index contributed by atoms with van der Waals surface area (Å²) < 4.78 is 5.22. The van der Waals surface area contributed by atoms with Gasteiger partial charge in [-0.1, -0.05) is 37.3 Å². The first-order valence-electron chi connectivity index (χ1n) is 9.69. The van der Waals surface area contributed by atoms with E-state index in [-0.39, 0.29) is 5.91 Å². The van der Waals surface area contributed by atoms with Crippen LogP contribution in [0.5, 0.6) is 5.75 Å². The first kappa shape index (κ1) is 20.3. The molecule has 0 atom stereocenters. The molecule has 3 rings (SSSR count). The van der Waals surface area contributed by atoms with Gasteiger partial charge in [0, 0.05) is 12.2 Å². The highest BCUT2D eigenvalue weighted by atomic mass is 16.5. The summed E-state index contributed by atoms with van der Waals surface area (Å²) in [5.74, 6) is 1.18. The van der Waals surface area contributed by atoms with Crippen LogP contribution in [0.15, 0.2) is 54.9 Å². The number of benzene rings is 2. The predicted molar refractivity (Wildman–Crippen MR) is 115 cm³/mol. The van der Waals surface area contributed by atoms with Crippen molar-refractivity contribution in [3.63, 3.8) is 0 Å². The number of aromatic nitrogens is 2. The molecule has 0 saturated heterocycles. The normalized spacial score (nSPS) is 10.4. The lowest BCUT2D eigenvalue weighted by Crippen LogP contribution is -2.26. The van der Waals surface area contributed by atoms with Crippen LogP contribution in [0.1, 0.15) is 34.1 Å². The van der Waals surface area contributed by atoms with Crippen molar-refractivity contribution >= 4 is 17.4 Å². The van der Waals surface area contributed by atoms with Gasteiger partial charge in [0.1, 0.15) is 17.3 Å². The summed E-state index contributed by atoms with van der Waals surface area (Å²) in [6.45, 7) is 4.68. The number of hydrogen-bond acceptors (Lipinski definition) is 5. The Labute approximate surface area is 171 Å². The SMILES string of the molecule is CCc1cccc(C)c1Nc1cnc(C(=O)NCCc2cccc(OC)c2)cn1. The molecule has 0 bridgehead atoms. The van der Waals surface area contributed by atoms with E-state index < -0.39 is 0 Å². The molecule has 2 aromatic carbocycles. The molecule has 0 saturated carbocycles. The van der Waals surface area contributed by atoms with E-state index in [2.05, 4.69) is 46.6 Å². The molecule has 6 nitrogen and oxygen atoms in total. The Morgan fingerprint density at radius 2 is 1.93 bits per heavy atom. The standard InChI is InChI=1S/C23H26N4O2/c1-4-18-9-5-7-16(2)22(18)27-21-15-25-20(14-26-21)23(28)24-12-11-17-8-6-10-19(13-17)29-3/h5-10,13-15H,4,11-12H2,1-3H3,(H,24,28)(H,26,27). The van der Waals surface area contributed by atoms with Gasteiger partial charge in [-0.25, -0.2) is 9.97 Å². The molecule has 3 aromatic rings. The van der Waals surface area contributed by atoms with Gasteiger partial charge in [0.25, 0.3) is 5.91 Å². The highest BCUT2D eigenvalue weighted by Crippen LogP contribution is 2.24. The molecule has 6 heteroatoms. The third-order valence-electron chi connectivity index (χ3n) is 4.71. The molecule has 0 radical (unpaired) electrons. The third kappa shape index (κ3) is 5.31. The monoisotopic (exact) mass is 390 g/mol. The Balaban J connectivity index is 1.57. The predicted octanol–water partition coefficient (Wildman–Crippen LogP) is 4.07. The van der Waals surface area contributed by atoms with Gasteiger partial charge in [-0.2, -0.15) is 0 Å². The van der Waals surface area contributed by atoms with Crippen molar-refractivity contribution in [3.8, 4) is 5.75 Å². The van der Waals surface area contributed by atoms with E-state index in [4.69, 9.17) is 4.74 Å². The fraction of sp³-hybridized carbons (Fsp3) is 0.261. The molecule has 0 fully saturated rings. The molecule has 1 aromatic heterocycles. The van der Waals surface area contributed by atoms with Gasteiger partial charge in [-0.3, -0.25) is 4.79 Å². The van der Waals surface area contributed by atoms with Crippen LogP contribution in [0.25, 0.3) is 0 Å². The zero-order valence-electron chi connectivity index (χ0n) is 17.0. The lowest BCUT2D eigenvalue weighted by molar-refractivity contribution is 0.0949. The summed E-state index contributed by atoms with van der Waals surface area (Å²) in [6, 6.07) is 14.0. The van der Waals surface area contributed by atoms with Crippen molar-refractivity contribution < 1.29 is 9.53 Å². The van der Waals surface area contributed by atoms with Gasteiger partial charge in [0.2, 0.25) is 0 Å². The van der Waals surface area contributed by atoms with Gasteiger partial charge in [0.05, 0.1) is 19.5 Å². The lowest BCUT2D eigenvalue weighted by Gasteiger charge is -2.13. The van der Waals surface area contributed by atoms with E-state index in [9.17, 15) is 4.79 Å². The second kappa shape index (κ2) is 9.68. The number of carbonyl (C=O) groups excluding carboxylic acids is 1. The number of rotatable bonds is 8. The zero-order chi connectivity index (χ0) is 20.6. The fourth-order valence-corrected chi connectivity index (χ4v) is 3.08. The van der Waals surface area contributed by atoms with Gasteiger partial charge in [-0.15, -0.1) is 0 Å². The van der Waals surface area contributed by atoms with Crippen molar-refractivity contribution in [1.82, 2.24) is 15.3 Å². The summed E-state index contributed by atoms with van der Waals surface area (Å²) in [5.41, 5.74) is 4.79. The number of nitrogens with one attached hydrogen (secondary N) is 2. The molecule has 0 aliphatic carbocycles. The minimum atomic E-state index is -0.239. The van der Waals surface area contributed by atoms with Gasteiger partial charge in [0.15, 0.2) is 0 Å². The minimum absolute atomic E-state index is 0.239. The van der Waals surface area contributed by atoms with Crippen LogP contribution in [0.4, 0.5) is 11.5 Å². The summed E-state index contributed by atoms with van der Waals surface area (Å²) >= 11 is 0. The highest BCUT2D eigenvalue weighted by molar-refractivity contribution is 5.92. The average Bonchev–Trinajstić information content (AvgIpc) is 2.75. The van der Waals surface area contributed by atoms with Crippen LogP contribution in [0, 0.1) is 6.92 Å². The highest BCUT2D eigenvalue weighted by Gasteiger charge is 2.09. The number of nitrogens with zero attached hydrogens (tertiary/aromatic N) is 2. The van der Waals surface area contributed by atoms with Crippen LogP contribution >= 0.6 is 0 Å². The molecule has 0 aliphatic heterocycles. The van der Waals surface area contributed by atoms with Crippen LogP contribution in [-0.4, -0.2) is 29.5 Å². The van der Waals surface area contributed by atoms with Gasteiger partial charge < -0.3 is 15.4 Å². The maximum Gasteiger partial charge on any atom is 0.271 e. The van der Waals surface area contributed by atoms with E-state index in [1.165, 1.54) is 11.8 Å². The van der Waals surface area contributed by atoms with Gasteiger partial charge in [-0.05, 0) is 48.6 Å². The number of para-hydroxylation sites is 1. The molecule has 1 amide bonds. The second-order valence-electron chi connectivity index (χ2n) is 6.73. The van der Waals surface area contributed by atoms with E-state index in [0.29, 0.717) is 24.5 Å². The van der Waals surface area contributed by atoms with E-state index in [1.807, 2.05) is 30.3 Å². The topological polar surface area (TPSA) is 76.1 Å². The number of amides is 1. The lowest BCUT2D eigenvalue weighted by atomic mass is 10.1. The van der Waals surface area contributed by atoms with Crippen molar-refractivity contribution in [3.05, 3.63) is 77.2 Å². The average molecular weight is 390 g/mol. The Morgan fingerprint density at radius 3 is 2.66 bits per heavy atom. The first-order chi connectivity index (χ1) is 14.1. The Bertz CT molecular complexity index is 971. The fourth-order valence-electron chi connectivity index (χ4n) is 3.08. The summed E-state index contributed by atoms with van der Waals surface area (Å²) in [7, 11) is 1.64. The maximum absolute atomic E-state index is 12.3. The quantitative estimate of drug-likeness (QED) is 0.606. The zero-order valence-corrected chi connectivity index (χ0v) is 17.0. The Morgan fingerprint density at radius 1 is 1.10 bits per heavy atom. The molecule has 0 spiro atoms. The van der Waals surface area contributed by atoms with E-state index in [1.54, 1.807) is 13.3 Å². The molecular formula is C23H26N4O2. The summed E-state index contributed by atoms with van der Waals surface area (Å²) in [5, 5.41) is 6.19. The Hall–Kier alpha value is -3.41. The number of ether oxygens (including phenoxy) is 1. The largest absolute Gasteiger partial charge is 0.497 e. The summed E-state index contributed by atoms with van der Waals surface area (Å²) in [4.78, 5) is 20.9. The molecule has 0 aliphatic rings. The van der Waals surface area contributed by atoms with Crippen molar-refractivity contribution in [2.75, 3.05) is 19.0 Å². The second-order valence-corrected chi connectivity index (χ2v) is 6.73. The van der Waals surface area contributed by atoms with Crippen molar-refractivity contribution in [2.24, 2.45) is 0 Å².